The molecular formula is C6H5F2O2-. The zero-order chi connectivity index (χ0) is 7.78. The fraction of sp³-hybridized carbons (Fsp3) is 0.500. The van der Waals surface area contributed by atoms with E-state index >= 15 is 0 Å². The molecule has 0 aromatic carbocycles. The van der Waals surface area contributed by atoms with E-state index in [9.17, 15) is 18.7 Å². The van der Waals surface area contributed by atoms with Crippen molar-refractivity contribution in [1.29, 1.82) is 0 Å². The van der Waals surface area contributed by atoms with Gasteiger partial charge in [-0.2, -0.15) is 8.78 Å². The first-order chi connectivity index (χ1) is 4.57. The zero-order valence-corrected chi connectivity index (χ0v) is 5.06. The lowest BCUT2D eigenvalue weighted by Gasteiger charge is -2.08. The minimum absolute atomic E-state index is 0.271. The van der Waals surface area contributed by atoms with Gasteiger partial charge in [0.2, 0.25) is 0 Å². The van der Waals surface area contributed by atoms with Gasteiger partial charge in [-0.15, -0.1) is 0 Å². The Kier molecular flexibility index (Phi) is 1.46. The second-order valence-corrected chi connectivity index (χ2v) is 2.38. The molecule has 1 saturated carbocycles. The number of hydrogen-bond acceptors (Lipinski definition) is 2. The minimum atomic E-state index is -1.94. The Morgan fingerprint density at radius 3 is 2.10 bits per heavy atom. The SMILES string of the molecule is O=C([O-])C1(C=C(F)F)CC1. The molecule has 0 N–H and O–H groups in total. The maximum atomic E-state index is 11.5. The van der Waals surface area contributed by atoms with Crippen LogP contribution in [0.25, 0.3) is 0 Å². The van der Waals surface area contributed by atoms with E-state index in [0.717, 1.165) is 0 Å². The number of carbonyl (C=O) groups excluding carboxylic acids is 1. The second kappa shape index (κ2) is 2.04. The molecule has 56 valence electrons. The Morgan fingerprint density at radius 1 is 1.50 bits per heavy atom. The number of carboxylic acids is 1. The molecule has 0 aliphatic heterocycles. The molecule has 4 heteroatoms. The van der Waals surface area contributed by atoms with Crippen LogP contribution >= 0.6 is 0 Å². The summed E-state index contributed by atoms with van der Waals surface area (Å²) in [6.45, 7) is 0. The van der Waals surface area contributed by atoms with Crippen molar-refractivity contribution in [1.82, 2.24) is 0 Å². The molecule has 1 fully saturated rings. The van der Waals surface area contributed by atoms with Crippen molar-refractivity contribution in [3.8, 4) is 0 Å². The third kappa shape index (κ3) is 1.15. The van der Waals surface area contributed by atoms with Gasteiger partial charge in [-0.05, 0) is 18.9 Å². The van der Waals surface area contributed by atoms with Crippen LogP contribution in [0.3, 0.4) is 0 Å². The average Bonchev–Trinajstić information content (AvgIpc) is 2.46. The van der Waals surface area contributed by atoms with Gasteiger partial charge in [-0.25, -0.2) is 0 Å². The molecule has 10 heavy (non-hydrogen) atoms. The fourth-order valence-electron chi connectivity index (χ4n) is 0.751. The highest BCUT2D eigenvalue weighted by atomic mass is 19.3. The van der Waals surface area contributed by atoms with E-state index in [2.05, 4.69) is 0 Å². The topological polar surface area (TPSA) is 40.1 Å². The fourth-order valence-corrected chi connectivity index (χ4v) is 0.751. The Balaban J connectivity index is 2.71. The highest BCUT2D eigenvalue weighted by molar-refractivity contribution is 5.78. The van der Waals surface area contributed by atoms with Gasteiger partial charge < -0.3 is 9.90 Å². The number of halogens is 2. The standard InChI is InChI=1S/C6H6F2O2/c7-4(8)3-6(1-2-6)5(9)10/h3H,1-2H2,(H,9,10)/p-1. The Morgan fingerprint density at radius 2 is 2.00 bits per heavy atom. The lowest BCUT2D eigenvalue weighted by molar-refractivity contribution is -0.311. The lowest BCUT2D eigenvalue weighted by Crippen LogP contribution is -2.31. The number of aliphatic carboxylic acids is 1. The molecule has 0 aromatic heterocycles. The van der Waals surface area contributed by atoms with E-state index in [-0.39, 0.29) is 12.8 Å². The smallest absolute Gasteiger partial charge is 0.267 e. The van der Waals surface area contributed by atoms with Gasteiger partial charge in [-0.1, -0.05) is 0 Å². The Hall–Kier alpha value is -0.930. The minimum Gasteiger partial charge on any atom is -0.549 e. The van der Waals surface area contributed by atoms with E-state index in [1.165, 1.54) is 0 Å². The lowest BCUT2D eigenvalue weighted by atomic mass is 10.1. The van der Waals surface area contributed by atoms with Crippen molar-refractivity contribution in [3.05, 3.63) is 12.2 Å². The van der Waals surface area contributed by atoms with Gasteiger partial charge in [0.1, 0.15) is 0 Å². The molecule has 0 bridgehead atoms. The predicted molar refractivity (Wildman–Crippen MR) is 27.0 cm³/mol. The van der Waals surface area contributed by atoms with Crippen LogP contribution in [0.1, 0.15) is 12.8 Å². The summed E-state index contributed by atoms with van der Waals surface area (Å²) < 4.78 is 23.0. The average molecular weight is 147 g/mol. The second-order valence-electron chi connectivity index (χ2n) is 2.38. The summed E-state index contributed by atoms with van der Waals surface area (Å²) in [6.07, 6.45) is -0.941. The molecule has 0 saturated heterocycles. The largest absolute Gasteiger partial charge is 0.549 e. The van der Waals surface area contributed by atoms with Gasteiger partial charge in [0.05, 0.1) is 5.97 Å². The third-order valence-electron chi connectivity index (χ3n) is 1.58. The number of hydrogen-bond donors (Lipinski definition) is 0. The molecule has 2 nitrogen and oxygen atoms in total. The maximum Gasteiger partial charge on any atom is 0.267 e. The molecule has 0 heterocycles. The summed E-state index contributed by atoms with van der Waals surface area (Å²) in [6, 6.07) is 0. The van der Waals surface area contributed by atoms with Crippen molar-refractivity contribution in [2.24, 2.45) is 5.41 Å². The third-order valence-corrected chi connectivity index (χ3v) is 1.58. The molecule has 0 unspecified atom stereocenters. The van der Waals surface area contributed by atoms with Crippen LogP contribution in [0.5, 0.6) is 0 Å². The van der Waals surface area contributed by atoms with Crippen molar-refractivity contribution in [2.45, 2.75) is 12.8 Å². The van der Waals surface area contributed by atoms with Crippen LogP contribution < -0.4 is 5.11 Å². The van der Waals surface area contributed by atoms with Gasteiger partial charge in [0.15, 0.2) is 0 Å². The normalized spacial score (nSPS) is 19.8. The van der Waals surface area contributed by atoms with Crippen LogP contribution in [0.4, 0.5) is 8.78 Å². The summed E-state index contributed by atoms with van der Waals surface area (Å²) in [4.78, 5) is 10.1. The molecule has 0 radical (unpaired) electrons. The Bertz CT molecular complexity index is 190. The highest BCUT2D eigenvalue weighted by Crippen LogP contribution is 2.47. The quantitative estimate of drug-likeness (QED) is 0.563. The van der Waals surface area contributed by atoms with Crippen molar-refractivity contribution in [2.75, 3.05) is 0 Å². The van der Waals surface area contributed by atoms with Crippen molar-refractivity contribution >= 4 is 5.97 Å². The maximum absolute atomic E-state index is 11.5. The monoisotopic (exact) mass is 147 g/mol. The van der Waals surface area contributed by atoms with E-state index in [0.29, 0.717) is 6.08 Å². The molecule has 0 spiro atoms. The first-order valence-corrected chi connectivity index (χ1v) is 2.82. The summed E-state index contributed by atoms with van der Waals surface area (Å²) in [5, 5.41) is 10.1. The molecule has 1 aliphatic carbocycles. The summed E-state index contributed by atoms with van der Waals surface area (Å²) in [5.74, 6) is -1.40. The first-order valence-electron chi connectivity index (χ1n) is 2.82. The van der Waals surface area contributed by atoms with Crippen LogP contribution in [0, 0.1) is 5.41 Å². The van der Waals surface area contributed by atoms with E-state index in [1.54, 1.807) is 0 Å². The van der Waals surface area contributed by atoms with Gasteiger partial charge in [0, 0.05) is 5.41 Å². The van der Waals surface area contributed by atoms with Gasteiger partial charge >= 0.3 is 0 Å². The molecule has 0 atom stereocenters. The Labute approximate surface area is 56.2 Å². The number of carbonyl (C=O) groups is 1. The molecule has 0 amide bonds. The van der Waals surface area contributed by atoms with E-state index in [1.807, 2.05) is 0 Å². The molecular weight excluding hydrogens is 142 g/mol. The molecule has 1 aliphatic rings. The number of carboxylic acid groups (broad SMARTS) is 1. The summed E-state index contributed by atoms with van der Waals surface area (Å²) in [5.41, 5.74) is -1.33. The van der Waals surface area contributed by atoms with Crippen LogP contribution in [-0.4, -0.2) is 5.97 Å². The van der Waals surface area contributed by atoms with Crippen molar-refractivity contribution < 1.29 is 18.7 Å². The van der Waals surface area contributed by atoms with Crippen LogP contribution in [0.2, 0.25) is 0 Å². The van der Waals surface area contributed by atoms with E-state index in [4.69, 9.17) is 0 Å². The first kappa shape index (κ1) is 7.18. The van der Waals surface area contributed by atoms with Crippen molar-refractivity contribution in [3.63, 3.8) is 0 Å². The van der Waals surface area contributed by atoms with Gasteiger partial charge in [-0.3, -0.25) is 0 Å². The molecule has 0 aromatic rings. The van der Waals surface area contributed by atoms with E-state index < -0.39 is 17.5 Å². The number of rotatable bonds is 2. The predicted octanol–water partition coefficient (Wildman–Crippen LogP) is 0.297. The van der Waals surface area contributed by atoms with Crippen LogP contribution in [-0.2, 0) is 4.79 Å². The van der Waals surface area contributed by atoms with Crippen LogP contribution in [0.15, 0.2) is 12.2 Å². The highest BCUT2D eigenvalue weighted by Gasteiger charge is 2.43. The molecule has 1 rings (SSSR count). The summed E-state index contributed by atoms with van der Waals surface area (Å²) >= 11 is 0. The van der Waals surface area contributed by atoms with Gasteiger partial charge in [0.25, 0.3) is 6.08 Å². The zero-order valence-electron chi connectivity index (χ0n) is 5.06. The summed E-state index contributed by atoms with van der Waals surface area (Å²) in [7, 11) is 0.